The van der Waals surface area contributed by atoms with Crippen LogP contribution in [0.5, 0.6) is 11.5 Å². The molecule has 2 aromatic heterocycles. The molecule has 0 radical (unpaired) electrons. The van der Waals surface area contributed by atoms with Crippen LogP contribution < -0.4 is 16.4 Å². The van der Waals surface area contributed by atoms with Gasteiger partial charge in [-0.2, -0.15) is 0 Å². The van der Waals surface area contributed by atoms with Crippen LogP contribution in [0.1, 0.15) is 50.6 Å². The maximum atomic E-state index is 11.4. The van der Waals surface area contributed by atoms with Crippen LogP contribution in [-0.4, -0.2) is 49.5 Å². The number of carbonyl (C=O) groups is 1. The zero-order chi connectivity index (χ0) is 28.9. The van der Waals surface area contributed by atoms with Crippen molar-refractivity contribution in [2.45, 2.75) is 58.7 Å². The van der Waals surface area contributed by atoms with Crippen LogP contribution in [-0.2, 0) is 29.0 Å². The standard InChI is InChI=1S/C30H36N6O4/c1-5-7-8-25-34-27-28(36(25)16-20-14-21(37)10-12-24(20)38)22-11-9-19(13-23(22)33-29(27)31)15-32-18-40-17-30(3,4)35-26(39)6-2/h2,9-14,32,37-38H,5,7-8,15-18H2,1,3-4H3,(H2,31,33)(H,35,39). The number of phenolic OH excluding ortho intramolecular Hbond substituents is 2. The van der Waals surface area contributed by atoms with E-state index in [2.05, 4.69) is 27.1 Å². The highest BCUT2D eigenvalue weighted by atomic mass is 16.5. The number of terminal acetylenes is 1. The molecular weight excluding hydrogens is 508 g/mol. The molecule has 2 aromatic carbocycles. The van der Waals surface area contributed by atoms with Crippen molar-refractivity contribution >= 4 is 33.7 Å². The van der Waals surface area contributed by atoms with Gasteiger partial charge >= 0.3 is 0 Å². The highest BCUT2D eigenvalue weighted by Gasteiger charge is 2.20. The van der Waals surface area contributed by atoms with Gasteiger partial charge in [-0.1, -0.05) is 25.5 Å². The minimum Gasteiger partial charge on any atom is -0.508 e. The molecule has 2 heterocycles. The van der Waals surface area contributed by atoms with E-state index in [1.807, 2.05) is 38.0 Å². The number of benzene rings is 2. The first kappa shape index (κ1) is 28.7. The Morgan fingerprint density at radius 3 is 2.75 bits per heavy atom. The minimum absolute atomic E-state index is 0.0837. The molecule has 210 valence electrons. The molecule has 0 unspecified atom stereocenters. The highest BCUT2D eigenvalue weighted by Crippen LogP contribution is 2.32. The van der Waals surface area contributed by atoms with Gasteiger partial charge in [-0.15, -0.1) is 6.42 Å². The molecule has 1 amide bonds. The van der Waals surface area contributed by atoms with Gasteiger partial charge in [0.2, 0.25) is 0 Å². The molecular formula is C30H36N6O4. The number of aromatic nitrogens is 3. The summed E-state index contributed by atoms with van der Waals surface area (Å²) < 4.78 is 7.74. The summed E-state index contributed by atoms with van der Waals surface area (Å²) in [6.45, 7) is 7.23. The summed E-state index contributed by atoms with van der Waals surface area (Å²) in [5.41, 5.74) is 9.58. The van der Waals surface area contributed by atoms with E-state index in [4.69, 9.17) is 21.9 Å². The zero-order valence-corrected chi connectivity index (χ0v) is 23.1. The van der Waals surface area contributed by atoms with Gasteiger partial charge in [0, 0.05) is 23.9 Å². The number of rotatable bonds is 12. The lowest BCUT2D eigenvalue weighted by Crippen LogP contribution is -2.47. The van der Waals surface area contributed by atoms with Crippen LogP contribution in [0.4, 0.5) is 5.82 Å². The van der Waals surface area contributed by atoms with Crippen molar-refractivity contribution in [1.29, 1.82) is 0 Å². The fourth-order valence-corrected chi connectivity index (χ4v) is 4.63. The van der Waals surface area contributed by atoms with Crippen molar-refractivity contribution in [3.63, 3.8) is 0 Å². The number of fused-ring (bicyclic) bond motifs is 3. The minimum atomic E-state index is -0.588. The molecule has 0 saturated heterocycles. The number of unbranched alkanes of at least 4 members (excludes halogenated alkanes) is 1. The number of imidazole rings is 1. The maximum Gasteiger partial charge on any atom is 0.296 e. The molecule has 0 atom stereocenters. The number of nitrogens with two attached hydrogens (primary N) is 1. The predicted octanol–water partition coefficient (Wildman–Crippen LogP) is 3.56. The number of phenols is 2. The van der Waals surface area contributed by atoms with Crippen molar-refractivity contribution in [3.05, 3.63) is 53.3 Å². The van der Waals surface area contributed by atoms with Crippen molar-refractivity contribution < 1.29 is 19.7 Å². The van der Waals surface area contributed by atoms with E-state index in [1.54, 1.807) is 6.07 Å². The van der Waals surface area contributed by atoms with Gasteiger partial charge in [0.1, 0.15) is 22.8 Å². The second kappa shape index (κ2) is 12.2. The Labute approximate surface area is 233 Å². The summed E-state index contributed by atoms with van der Waals surface area (Å²) in [5.74, 6) is 2.94. The predicted molar refractivity (Wildman–Crippen MR) is 156 cm³/mol. The SMILES string of the molecule is C#CC(=O)NC(C)(C)COCNCc1ccc2c(c1)nc(N)c1nc(CCCC)n(Cc3cc(O)ccc3O)c12. The maximum absolute atomic E-state index is 11.4. The molecule has 10 nitrogen and oxygen atoms in total. The molecule has 0 aliphatic carbocycles. The molecule has 0 aliphatic heterocycles. The van der Waals surface area contributed by atoms with E-state index in [1.165, 1.54) is 12.1 Å². The number of nitrogens with one attached hydrogen (secondary N) is 2. The van der Waals surface area contributed by atoms with Crippen molar-refractivity contribution in [2.24, 2.45) is 0 Å². The number of hydrogen-bond donors (Lipinski definition) is 5. The fourth-order valence-electron chi connectivity index (χ4n) is 4.63. The molecule has 0 spiro atoms. The number of anilines is 1. The van der Waals surface area contributed by atoms with E-state index in [9.17, 15) is 15.0 Å². The Kier molecular flexibility index (Phi) is 8.77. The van der Waals surface area contributed by atoms with Crippen LogP contribution in [0.2, 0.25) is 0 Å². The van der Waals surface area contributed by atoms with Gasteiger partial charge in [0.05, 0.1) is 36.5 Å². The molecule has 0 aliphatic rings. The monoisotopic (exact) mass is 544 g/mol. The second-order valence-corrected chi connectivity index (χ2v) is 10.5. The smallest absolute Gasteiger partial charge is 0.296 e. The number of amides is 1. The van der Waals surface area contributed by atoms with Crippen LogP contribution in [0, 0.1) is 12.3 Å². The lowest BCUT2D eigenvalue weighted by atomic mass is 10.1. The van der Waals surface area contributed by atoms with E-state index in [-0.39, 0.29) is 18.2 Å². The highest BCUT2D eigenvalue weighted by molar-refractivity contribution is 6.06. The Morgan fingerprint density at radius 2 is 2.00 bits per heavy atom. The number of carbonyl (C=O) groups excluding carboxylic acids is 1. The lowest BCUT2D eigenvalue weighted by molar-refractivity contribution is -0.118. The summed E-state index contributed by atoms with van der Waals surface area (Å²) in [7, 11) is 0. The second-order valence-electron chi connectivity index (χ2n) is 10.5. The zero-order valence-electron chi connectivity index (χ0n) is 23.1. The van der Waals surface area contributed by atoms with Crippen molar-refractivity contribution in [2.75, 3.05) is 19.1 Å². The third kappa shape index (κ3) is 6.62. The number of aromatic hydroxyl groups is 2. The molecule has 0 bridgehead atoms. The number of nitrogens with zero attached hydrogens (tertiary/aromatic N) is 3. The summed E-state index contributed by atoms with van der Waals surface area (Å²) in [4.78, 5) is 20.9. The van der Waals surface area contributed by atoms with Gasteiger partial charge in [0.25, 0.3) is 5.91 Å². The van der Waals surface area contributed by atoms with Crippen LogP contribution >= 0.6 is 0 Å². The Morgan fingerprint density at radius 1 is 1.20 bits per heavy atom. The average molecular weight is 545 g/mol. The Balaban J connectivity index is 1.58. The number of ether oxygens (including phenoxy) is 1. The van der Waals surface area contributed by atoms with Crippen LogP contribution in [0.3, 0.4) is 0 Å². The Hall–Kier alpha value is -4.33. The summed E-state index contributed by atoms with van der Waals surface area (Å²) in [5, 5.41) is 27.3. The molecule has 0 saturated carbocycles. The number of pyridine rings is 1. The quantitative estimate of drug-likeness (QED) is 0.0787. The topological polar surface area (TPSA) is 148 Å². The lowest BCUT2D eigenvalue weighted by Gasteiger charge is -2.24. The van der Waals surface area contributed by atoms with Gasteiger partial charge in [-0.3, -0.25) is 10.1 Å². The molecule has 0 fully saturated rings. The van der Waals surface area contributed by atoms with Gasteiger partial charge in [-0.25, -0.2) is 9.97 Å². The van der Waals surface area contributed by atoms with E-state index in [0.717, 1.165) is 47.1 Å². The van der Waals surface area contributed by atoms with E-state index in [0.29, 0.717) is 36.6 Å². The summed E-state index contributed by atoms with van der Waals surface area (Å²) in [6.07, 6.45) is 7.83. The van der Waals surface area contributed by atoms with Crippen LogP contribution in [0.15, 0.2) is 36.4 Å². The van der Waals surface area contributed by atoms with E-state index < -0.39 is 11.4 Å². The fraction of sp³-hybridized carbons (Fsp3) is 0.367. The number of nitrogen functional groups attached to an aromatic ring is 1. The summed E-state index contributed by atoms with van der Waals surface area (Å²) in [6, 6.07) is 10.5. The first-order valence-corrected chi connectivity index (χ1v) is 13.3. The molecule has 6 N–H and O–H groups in total. The molecule has 4 aromatic rings. The van der Waals surface area contributed by atoms with Crippen molar-refractivity contribution in [1.82, 2.24) is 25.2 Å². The molecule has 40 heavy (non-hydrogen) atoms. The third-order valence-electron chi connectivity index (χ3n) is 6.57. The molecule has 4 rings (SSSR count). The largest absolute Gasteiger partial charge is 0.508 e. The first-order valence-electron chi connectivity index (χ1n) is 13.3. The number of hydrogen-bond acceptors (Lipinski definition) is 8. The van der Waals surface area contributed by atoms with Crippen molar-refractivity contribution in [3.8, 4) is 23.8 Å². The normalized spacial score (nSPS) is 11.7. The summed E-state index contributed by atoms with van der Waals surface area (Å²) >= 11 is 0. The Bertz CT molecular complexity index is 1570. The molecule has 10 heteroatoms. The van der Waals surface area contributed by atoms with E-state index >= 15 is 0 Å². The van der Waals surface area contributed by atoms with Gasteiger partial charge in [0.15, 0.2) is 5.82 Å². The average Bonchev–Trinajstić information content (AvgIpc) is 3.27. The van der Waals surface area contributed by atoms with Gasteiger partial charge < -0.3 is 30.6 Å². The van der Waals surface area contributed by atoms with Crippen LogP contribution in [0.25, 0.3) is 21.9 Å². The first-order chi connectivity index (χ1) is 19.1. The van der Waals surface area contributed by atoms with Gasteiger partial charge in [-0.05, 0) is 56.0 Å². The third-order valence-corrected chi connectivity index (χ3v) is 6.57. The number of aryl methyl sites for hydroxylation is 1.